The van der Waals surface area contributed by atoms with Crippen molar-refractivity contribution in [2.75, 3.05) is 0 Å². The monoisotopic (exact) mass is 217 g/mol. The van der Waals surface area contributed by atoms with Crippen LogP contribution in [0.1, 0.15) is 5.56 Å². The molecule has 0 fully saturated rings. The van der Waals surface area contributed by atoms with Crippen molar-refractivity contribution in [3.63, 3.8) is 0 Å². The minimum Gasteiger partial charge on any atom is -0.345 e. The van der Waals surface area contributed by atoms with E-state index in [-0.39, 0.29) is 12.4 Å². The molecule has 0 unspecified atom stereocenters. The summed E-state index contributed by atoms with van der Waals surface area (Å²) in [5.41, 5.74) is 7.26. The molecule has 0 aliphatic heterocycles. The van der Waals surface area contributed by atoms with Crippen molar-refractivity contribution in [2.45, 2.75) is 6.54 Å². The first-order valence-corrected chi connectivity index (χ1v) is 4.00. The molecule has 3 nitrogen and oxygen atoms in total. The van der Waals surface area contributed by atoms with Gasteiger partial charge in [-0.25, -0.2) is 4.98 Å². The number of fused-ring (bicyclic) bond motifs is 1. The zero-order valence-corrected chi connectivity index (χ0v) is 8.32. The Morgan fingerprint density at radius 1 is 1.54 bits per heavy atom. The van der Waals surface area contributed by atoms with Gasteiger partial charge in [0.2, 0.25) is 0 Å². The fourth-order valence-electron chi connectivity index (χ4n) is 1.13. The molecule has 2 aromatic rings. The third kappa shape index (κ3) is 1.77. The summed E-state index contributed by atoms with van der Waals surface area (Å²) in [4.78, 5) is 7.11. The first-order valence-electron chi connectivity index (χ1n) is 3.63. The van der Waals surface area contributed by atoms with Crippen LogP contribution in [0.15, 0.2) is 18.5 Å². The molecule has 0 bridgehead atoms. The number of nitrogens with one attached hydrogen (secondary N) is 1. The molecule has 0 saturated carbocycles. The van der Waals surface area contributed by atoms with Crippen LogP contribution in [0.2, 0.25) is 5.02 Å². The molecule has 70 valence electrons. The summed E-state index contributed by atoms with van der Waals surface area (Å²) in [6.07, 6.45) is 3.47. The summed E-state index contributed by atoms with van der Waals surface area (Å²) in [7, 11) is 0. The summed E-state index contributed by atoms with van der Waals surface area (Å²) < 4.78 is 0. The molecule has 0 saturated heterocycles. The molecular formula is C8H9Cl2N3. The Bertz CT molecular complexity index is 411. The number of hydrogen-bond donors (Lipinski definition) is 2. The molecule has 0 amide bonds. The standard InChI is InChI=1S/C8H8ClN3.ClH/c9-7-4-12-8-6(7)1-5(2-10)3-11-8;/h1,3-4H,2,10H2,(H,11,12);1H. The van der Waals surface area contributed by atoms with Gasteiger partial charge in [-0.2, -0.15) is 0 Å². The van der Waals surface area contributed by atoms with Gasteiger partial charge in [0.25, 0.3) is 0 Å². The molecule has 0 aromatic carbocycles. The molecule has 2 rings (SSSR count). The molecule has 0 aliphatic rings. The van der Waals surface area contributed by atoms with E-state index in [1.54, 1.807) is 12.4 Å². The Hall–Kier alpha value is -0.770. The van der Waals surface area contributed by atoms with Gasteiger partial charge >= 0.3 is 0 Å². The third-order valence-electron chi connectivity index (χ3n) is 1.77. The zero-order valence-electron chi connectivity index (χ0n) is 6.75. The quantitative estimate of drug-likeness (QED) is 0.769. The van der Waals surface area contributed by atoms with Crippen LogP contribution in [0, 0.1) is 0 Å². The summed E-state index contributed by atoms with van der Waals surface area (Å²) in [5.74, 6) is 0. The van der Waals surface area contributed by atoms with Crippen LogP contribution in [0.3, 0.4) is 0 Å². The van der Waals surface area contributed by atoms with Crippen molar-refractivity contribution in [1.82, 2.24) is 9.97 Å². The van der Waals surface area contributed by atoms with Crippen LogP contribution in [0.4, 0.5) is 0 Å². The minimum atomic E-state index is 0. The van der Waals surface area contributed by atoms with Crippen molar-refractivity contribution in [3.8, 4) is 0 Å². The molecule has 5 heteroatoms. The maximum Gasteiger partial charge on any atom is 0.138 e. The second-order valence-corrected chi connectivity index (χ2v) is 2.99. The maximum atomic E-state index is 5.89. The number of nitrogens with zero attached hydrogens (tertiary/aromatic N) is 1. The Morgan fingerprint density at radius 2 is 2.31 bits per heavy atom. The van der Waals surface area contributed by atoms with Crippen LogP contribution < -0.4 is 5.73 Å². The third-order valence-corrected chi connectivity index (χ3v) is 2.09. The SMILES string of the molecule is Cl.NCc1cnc2[nH]cc(Cl)c2c1. The molecule has 13 heavy (non-hydrogen) atoms. The summed E-state index contributed by atoms with van der Waals surface area (Å²) in [6, 6.07) is 1.95. The number of hydrogen-bond acceptors (Lipinski definition) is 2. The van der Waals surface area contributed by atoms with E-state index in [0.717, 1.165) is 16.6 Å². The van der Waals surface area contributed by atoms with Gasteiger partial charge < -0.3 is 10.7 Å². The van der Waals surface area contributed by atoms with Crippen LogP contribution in [0.5, 0.6) is 0 Å². The molecular weight excluding hydrogens is 209 g/mol. The number of H-pyrrole nitrogens is 1. The summed E-state index contributed by atoms with van der Waals surface area (Å²) in [6.45, 7) is 0.491. The average molecular weight is 218 g/mol. The highest BCUT2D eigenvalue weighted by Gasteiger charge is 2.01. The molecule has 3 N–H and O–H groups in total. The average Bonchev–Trinajstić information content (AvgIpc) is 2.47. The Morgan fingerprint density at radius 3 is 3.00 bits per heavy atom. The topological polar surface area (TPSA) is 54.7 Å². The maximum absolute atomic E-state index is 5.89. The second-order valence-electron chi connectivity index (χ2n) is 2.58. The van der Waals surface area contributed by atoms with Crippen molar-refractivity contribution in [3.05, 3.63) is 29.0 Å². The Labute approximate surface area is 86.7 Å². The number of pyridine rings is 1. The van der Waals surface area contributed by atoms with E-state index in [9.17, 15) is 0 Å². The van der Waals surface area contributed by atoms with Crippen molar-refractivity contribution in [2.24, 2.45) is 5.73 Å². The fraction of sp³-hybridized carbons (Fsp3) is 0.125. The van der Waals surface area contributed by atoms with Gasteiger partial charge in [-0.1, -0.05) is 11.6 Å². The number of aromatic nitrogens is 2. The van der Waals surface area contributed by atoms with E-state index >= 15 is 0 Å². The Kier molecular flexibility index (Phi) is 3.14. The van der Waals surface area contributed by atoms with Gasteiger partial charge in [-0.15, -0.1) is 12.4 Å². The highest BCUT2D eigenvalue weighted by atomic mass is 35.5. The largest absolute Gasteiger partial charge is 0.345 e. The van der Waals surface area contributed by atoms with Crippen LogP contribution >= 0.6 is 24.0 Å². The predicted molar refractivity (Wildman–Crippen MR) is 56.2 cm³/mol. The minimum absolute atomic E-state index is 0. The lowest BCUT2D eigenvalue weighted by Gasteiger charge is -1.95. The number of halogens is 2. The van der Waals surface area contributed by atoms with E-state index < -0.39 is 0 Å². The highest BCUT2D eigenvalue weighted by molar-refractivity contribution is 6.35. The number of rotatable bonds is 1. The van der Waals surface area contributed by atoms with Crippen molar-refractivity contribution >= 4 is 35.0 Å². The van der Waals surface area contributed by atoms with Gasteiger partial charge in [0.05, 0.1) is 5.02 Å². The van der Waals surface area contributed by atoms with E-state index in [0.29, 0.717) is 11.6 Å². The first kappa shape index (κ1) is 10.3. The van der Waals surface area contributed by atoms with Gasteiger partial charge in [0.1, 0.15) is 5.65 Å². The Balaban J connectivity index is 0.000000845. The van der Waals surface area contributed by atoms with E-state index in [4.69, 9.17) is 17.3 Å². The predicted octanol–water partition coefficient (Wildman–Crippen LogP) is 2.10. The van der Waals surface area contributed by atoms with Crippen LogP contribution in [-0.4, -0.2) is 9.97 Å². The van der Waals surface area contributed by atoms with Crippen molar-refractivity contribution < 1.29 is 0 Å². The van der Waals surface area contributed by atoms with E-state index in [2.05, 4.69) is 9.97 Å². The summed E-state index contributed by atoms with van der Waals surface area (Å²) >= 11 is 5.89. The second kappa shape index (κ2) is 3.96. The zero-order chi connectivity index (χ0) is 8.55. The lowest BCUT2D eigenvalue weighted by Crippen LogP contribution is -1.96. The van der Waals surface area contributed by atoms with Crippen LogP contribution in [-0.2, 0) is 6.54 Å². The normalized spacial score (nSPS) is 10.0. The highest BCUT2D eigenvalue weighted by Crippen LogP contribution is 2.21. The molecule has 0 atom stereocenters. The number of aromatic amines is 1. The van der Waals surface area contributed by atoms with Crippen molar-refractivity contribution in [1.29, 1.82) is 0 Å². The molecule has 0 radical (unpaired) electrons. The lowest BCUT2D eigenvalue weighted by atomic mass is 10.2. The van der Waals surface area contributed by atoms with E-state index in [1.807, 2.05) is 6.07 Å². The van der Waals surface area contributed by atoms with Gasteiger partial charge in [-0.05, 0) is 11.6 Å². The molecule has 0 aliphatic carbocycles. The van der Waals surface area contributed by atoms with Crippen LogP contribution in [0.25, 0.3) is 11.0 Å². The van der Waals surface area contributed by atoms with Gasteiger partial charge in [-0.3, -0.25) is 0 Å². The first-order chi connectivity index (χ1) is 5.81. The van der Waals surface area contributed by atoms with Gasteiger partial charge in [0.15, 0.2) is 0 Å². The summed E-state index contributed by atoms with van der Waals surface area (Å²) in [5, 5.41) is 1.62. The molecule has 2 heterocycles. The fourth-order valence-corrected chi connectivity index (χ4v) is 1.32. The molecule has 0 spiro atoms. The molecule has 2 aromatic heterocycles. The lowest BCUT2D eigenvalue weighted by molar-refractivity contribution is 1.06. The smallest absolute Gasteiger partial charge is 0.138 e. The number of nitrogens with two attached hydrogens (primary N) is 1. The van der Waals surface area contributed by atoms with E-state index in [1.165, 1.54) is 0 Å². The van der Waals surface area contributed by atoms with Gasteiger partial charge in [0, 0.05) is 24.3 Å².